The molecule has 2 heteroatoms. The van der Waals surface area contributed by atoms with Crippen LogP contribution < -0.4 is 5.32 Å². The number of unbranched alkanes of at least 4 members (excludes halogenated alkanes) is 1. The van der Waals surface area contributed by atoms with Crippen LogP contribution in [0.25, 0.3) is 0 Å². The lowest BCUT2D eigenvalue weighted by Crippen LogP contribution is -2.27. The molecule has 1 N–H and O–H groups in total. The van der Waals surface area contributed by atoms with E-state index in [0.717, 1.165) is 0 Å². The van der Waals surface area contributed by atoms with Crippen LogP contribution in [0.1, 0.15) is 51.6 Å². The van der Waals surface area contributed by atoms with Crippen LogP contribution in [0, 0.1) is 0 Å². The van der Waals surface area contributed by atoms with Gasteiger partial charge < -0.3 is 5.32 Å². The monoisotopic (exact) mass is 211 g/mol. The Hall–Kier alpha value is -0.340. The summed E-state index contributed by atoms with van der Waals surface area (Å²) in [5.41, 5.74) is 1.46. The second kappa shape index (κ2) is 6.20. The van der Waals surface area contributed by atoms with Crippen molar-refractivity contribution in [2.24, 2.45) is 0 Å². The molecule has 0 aliphatic rings. The molecule has 80 valence electrons. The molecule has 0 saturated heterocycles. The molecule has 1 atom stereocenters. The van der Waals surface area contributed by atoms with Gasteiger partial charge in [0.1, 0.15) is 0 Å². The molecule has 0 aliphatic heterocycles. The van der Waals surface area contributed by atoms with E-state index in [1.165, 1.54) is 24.8 Å². The zero-order valence-electron chi connectivity index (χ0n) is 9.42. The molecular weight excluding hydrogens is 190 g/mol. The van der Waals surface area contributed by atoms with Crippen LogP contribution in [0.5, 0.6) is 0 Å². The van der Waals surface area contributed by atoms with Gasteiger partial charge in [0, 0.05) is 12.1 Å². The highest BCUT2D eigenvalue weighted by Gasteiger charge is 2.11. The number of thiophene rings is 1. The first-order valence-corrected chi connectivity index (χ1v) is 6.46. The van der Waals surface area contributed by atoms with Gasteiger partial charge >= 0.3 is 0 Å². The lowest BCUT2D eigenvalue weighted by Gasteiger charge is -2.20. The smallest absolute Gasteiger partial charge is 0.0330 e. The zero-order chi connectivity index (χ0) is 10.4. The molecule has 0 saturated carbocycles. The molecule has 1 aromatic heterocycles. The van der Waals surface area contributed by atoms with Gasteiger partial charge in [-0.1, -0.05) is 33.6 Å². The van der Waals surface area contributed by atoms with E-state index in [1.54, 1.807) is 11.3 Å². The van der Waals surface area contributed by atoms with Crippen molar-refractivity contribution in [2.45, 2.75) is 52.1 Å². The summed E-state index contributed by atoms with van der Waals surface area (Å²) in [5.74, 6) is 0. The summed E-state index contributed by atoms with van der Waals surface area (Å²) in [6.07, 6.45) is 3.84. The van der Waals surface area contributed by atoms with E-state index in [2.05, 4.69) is 42.9 Å². The van der Waals surface area contributed by atoms with Gasteiger partial charge in [0.2, 0.25) is 0 Å². The Labute approximate surface area is 91.5 Å². The molecule has 1 nitrogen and oxygen atoms in total. The van der Waals surface area contributed by atoms with Crippen molar-refractivity contribution in [3.63, 3.8) is 0 Å². The summed E-state index contributed by atoms with van der Waals surface area (Å²) < 4.78 is 0. The molecule has 1 heterocycles. The van der Waals surface area contributed by atoms with Gasteiger partial charge in [0.25, 0.3) is 0 Å². The fraction of sp³-hybridized carbons (Fsp3) is 0.667. The van der Waals surface area contributed by atoms with Crippen LogP contribution in [0.15, 0.2) is 16.8 Å². The predicted molar refractivity (Wildman–Crippen MR) is 64.9 cm³/mol. The molecule has 0 aliphatic carbocycles. The lowest BCUT2D eigenvalue weighted by molar-refractivity contribution is 0.441. The van der Waals surface area contributed by atoms with E-state index in [-0.39, 0.29) is 0 Å². The second-order valence-corrected chi connectivity index (χ2v) is 4.85. The third-order valence-corrected chi connectivity index (χ3v) is 3.03. The maximum Gasteiger partial charge on any atom is 0.0330 e. The summed E-state index contributed by atoms with van der Waals surface area (Å²) in [6, 6.07) is 3.36. The molecule has 1 unspecified atom stereocenters. The van der Waals surface area contributed by atoms with E-state index in [9.17, 15) is 0 Å². The number of rotatable bonds is 6. The highest BCUT2D eigenvalue weighted by atomic mass is 32.1. The van der Waals surface area contributed by atoms with Crippen molar-refractivity contribution >= 4 is 11.3 Å². The van der Waals surface area contributed by atoms with Gasteiger partial charge in [0.05, 0.1) is 0 Å². The van der Waals surface area contributed by atoms with E-state index >= 15 is 0 Å². The predicted octanol–water partition coefficient (Wildman–Crippen LogP) is 3.98. The largest absolute Gasteiger partial charge is 0.308 e. The molecule has 0 fully saturated rings. The minimum Gasteiger partial charge on any atom is -0.308 e. The van der Waals surface area contributed by atoms with Gasteiger partial charge in [-0.2, -0.15) is 11.3 Å². The zero-order valence-corrected chi connectivity index (χ0v) is 10.2. The van der Waals surface area contributed by atoms with Crippen molar-refractivity contribution in [2.75, 3.05) is 0 Å². The number of hydrogen-bond donors (Lipinski definition) is 1. The maximum absolute atomic E-state index is 3.62. The standard InChI is InChI=1S/C12H21NS/c1-4-5-6-12(13-10(2)3)11-7-8-14-9-11/h7-10,12-13H,4-6H2,1-3H3. The number of nitrogens with one attached hydrogen (secondary N) is 1. The Kier molecular flexibility index (Phi) is 5.20. The van der Waals surface area contributed by atoms with Crippen LogP contribution in [0.4, 0.5) is 0 Å². The van der Waals surface area contributed by atoms with Gasteiger partial charge in [-0.3, -0.25) is 0 Å². The minimum atomic E-state index is 0.557. The van der Waals surface area contributed by atoms with Crippen LogP contribution in [-0.4, -0.2) is 6.04 Å². The third kappa shape index (κ3) is 3.81. The first-order valence-electron chi connectivity index (χ1n) is 5.52. The average molecular weight is 211 g/mol. The topological polar surface area (TPSA) is 12.0 Å². The summed E-state index contributed by atoms with van der Waals surface area (Å²) >= 11 is 1.79. The lowest BCUT2D eigenvalue weighted by atomic mass is 10.0. The molecule has 14 heavy (non-hydrogen) atoms. The maximum atomic E-state index is 3.62. The van der Waals surface area contributed by atoms with Gasteiger partial charge in [0.15, 0.2) is 0 Å². The SMILES string of the molecule is CCCCC(NC(C)C)c1ccsc1. The Balaban J connectivity index is 2.53. The first-order chi connectivity index (χ1) is 6.74. The Morgan fingerprint density at radius 1 is 1.43 bits per heavy atom. The summed E-state index contributed by atoms with van der Waals surface area (Å²) in [6.45, 7) is 6.68. The summed E-state index contributed by atoms with van der Waals surface area (Å²) in [4.78, 5) is 0. The fourth-order valence-electron chi connectivity index (χ4n) is 1.63. The number of hydrogen-bond acceptors (Lipinski definition) is 2. The van der Waals surface area contributed by atoms with Gasteiger partial charge in [-0.15, -0.1) is 0 Å². The Morgan fingerprint density at radius 2 is 2.21 bits per heavy atom. The molecular formula is C12H21NS. The summed E-state index contributed by atoms with van der Waals surface area (Å²) in [7, 11) is 0. The molecule has 1 aromatic rings. The van der Waals surface area contributed by atoms with Gasteiger partial charge in [-0.25, -0.2) is 0 Å². The van der Waals surface area contributed by atoms with E-state index in [1.807, 2.05) is 0 Å². The van der Waals surface area contributed by atoms with Crippen molar-refractivity contribution in [1.82, 2.24) is 5.32 Å². The molecule has 0 radical (unpaired) electrons. The van der Waals surface area contributed by atoms with E-state index < -0.39 is 0 Å². The normalized spacial score (nSPS) is 13.4. The first kappa shape index (κ1) is 11.7. The second-order valence-electron chi connectivity index (χ2n) is 4.07. The molecule has 1 rings (SSSR count). The van der Waals surface area contributed by atoms with Crippen molar-refractivity contribution < 1.29 is 0 Å². The Bertz CT molecular complexity index is 228. The molecule has 0 aromatic carbocycles. The van der Waals surface area contributed by atoms with Crippen LogP contribution in [0.3, 0.4) is 0 Å². The summed E-state index contributed by atoms with van der Waals surface area (Å²) in [5, 5.41) is 8.05. The molecule has 0 amide bonds. The van der Waals surface area contributed by atoms with Gasteiger partial charge in [-0.05, 0) is 28.8 Å². The fourth-order valence-corrected chi connectivity index (χ4v) is 2.34. The highest BCUT2D eigenvalue weighted by molar-refractivity contribution is 7.07. The average Bonchev–Trinajstić information content (AvgIpc) is 2.64. The Morgan fingerprint density at radius 3 is 2.71 bits per heavy atom. The van der Waals surface area contributed by atoms with Crippen molar-refractivity contribution in [1.29, 1.82) is 0 Å². The van der Waals surface area contributed by atoms with E-state index in [4.69, 9.17) is 0 Å². The molecule has 0 spiro atoms. The van der Waals surface area contributed by atoms with Crippen LogP contribution in [0.2, 0.25) is 0 Å². The highest BCUT2D eigenvalue weighted by Crippen LogP contribution is 2.22. The molecule has 0 bridgehead atoms. The van der Waals surface area contributed by atoms with Crippen LogP contribution >= 0.6 is 11.3 Å². The van der Waals surface area contributed by atoms with E-state index in [0.29, 0.717) is 12.1 Å². The third-order valence-electron chi connectivity index (χ3n) is 2.33. The minimum absolute atomic E-state index is 0.557. The van der Waals surface area contributed by atoms with Crippen molar-refractivity contribution in [3.05, 3.63) is 22.4 Å². The quantitative estimate of drug-likeness (QED) is 0.750. The van der Waals surface area contributed by atoms with Crippen LogP contribution in [-0.2, 0) is 0 Å². The van der Waals surface area contributed by atoms with Crippen molar-refractivity contribution in [3.8, 4) is 0 Å².